The lowest BCUT2D eigenvalue weighted by atomic mass is 10.0. The summed E-state index contributed by atoms with van der Waals surface area (Å²) in [4.78, 5) is 6.55. The molecule has 0 aliphatic heterocycles. The van der Waals surface area contributed by atoms with Gasteiger partial charge in [-0.25, -0.2) is 4.98 Å². The molecule has 0 spiro atoms. The summed E-state index contributed by atoms with van der Waals surface area (Å²) in [6.07, 6.45) is 5.50. The van der Waals surface area contributed by atoms with E-state index >= 15 is 0 Å². The quantitative estimate of drug-likeness (QED) is 0.708. The van der Waals surface area contributed by atoms with E-state index in [1.807, 2.05) is 12.2 Å². The van der Waals surface area contributed by atoms with Crippen LogP contribution in [0.5, 0.6) is 0 Å². The van der Waals surface area contributed by atoms with Crippen LogP contribution in [0.15, 0.2) is 43.6 Å². The van der Waals surface area contributed by atoms with Crippen LogP contribution in [0.3, 0.4) is 0 Å². The van der Waals surface area contributed by atoms with Crippen molar-refractivity contribution in [3.8, 4) is 6.07 Å². The molecule has 1 unspecified atom stereocenters. The SMILES string of the molecule is C=CCN(CC=C)C(CNc1ncccc1C#N)C(C)C. The van der Waals surface area contributed by atoms with E-state index in [0.717, 1.165) is 19.6 Å². The molecule has 1 heterocycles. The summed E-state index contributed by atoms with van der Waals surface area (Å²) < 4.78 is 0. The molecule has 0 amide bonds. The lowest BCUT2D eigenvalue weighted by molar-refractivity contribution is 0.199. The summed E-state index contributed by atoms with van der Waals surface area (Å²) in [6, 6.07) is 6.01. The molecule has 1 atom stereocenters. The van der Waals surface area contributed by atoms with E-state index in [1.165, 1.54) is 0 Å². The van der Waals surface area contributed by atoms with Crippen molar-refractivity contribution < 1.29 is 0 Å². The van der Waals surface area contributed by atoms with Crippen molar-refractivity contribution in [3.05, 3.63) is 49.2 Å². The van der Waals surface area contributed by atoms with Gasteiger partial charge in [-0.1, -0.05) is 26.0 Å². The first-order valence-electron chi connectivity index (χ1n) is 7.18. The van der Waals surface area contributed by atoms with Gasteiger partial charge in [-0.15, -0.1) is 13.2 Å². The molecule has 0 saturated heterocycles. The zero-order valence-corrected chi connectivity index (χ0v) is 12.9. The summed E-state index contributed by atoms with van der Waals surface area (Å²) in [5, 5.41) is 12.4. The minimum absolute atomic E-state index is 0.314. The molecule has 4 nitrogen and oxygen atoms in total. The smallest absolute Gasteiger partial charge is 0.143 e. The van der Waals surface area contributed by atoms with Crippen molar-refractivity contribution >= 4 is 5.82 Å². The second-order valence-corrected chi connectivity index (χ2v) is 5.23. The first-order chi connectivity index (χ1) is 10.1. The Bertz CT molecular complexity index is 492. The van der Waals surface area contributed by atoms with Gasteiger partial charge in [-0.3, -0.25) is 4.90 Å². The van der Waals surface area contributed by atoms with Gasteiger partial charge in [0.25, 0.3) is 0 Å². The highest BCUT2D eigenvalue weighted by molar-refractivity contribution is 5.51. The van der Waals surface area contributed by atoms with E-state index in [9.17, 15) is 0 Å². The van der Waals surface area contributed by atoms with Gasteiger partial charge < -0.3 is 5.32 Å². The lowest BCUT2D eigenvalue weighted by Crippen LogP contribution is -2.44. The van der Waals surface area contributed by atoms with Crippen LogP contribution in [-0.4, -0.2) is 35.6 Å². The lowest BCUT2D eigenvalue weighted by Gasteiger charge is -2.33. The highest BCUT2D eigenvalue weighted by Gasteiger charge is 2.20. The van der Waals surface area contributed by atoms with E-state index in [0.29, 0.717) is 23.3 Å². The predicted octanol–water partition coefficient (Wildman–Crippen LogP) is 3.06. The van der Waals surface area contributed by atoms with E-state index in [-0.39, 0.29) is 0 Å². The summed E-state index contributed by atoms with van der Waals surface area (Å²) in [6.45, 7) is 14.4. The van der Waals surface area contributed by atoms with Crippen LogP contribution in [0, 0.1) is 17.2 Å². The van der Waals surface area contributed by atoms with Gasteiger partial charge in [0.1, 0.15) is 11.9 Å². The molecule has 1 aromatic heterocycles. The minimum Gasteiger partial charge on any atom is -0.367 e. The second-order valence-electron chi connectivity index (χ2n) is 5.23. The number of nitrogens with one attached hydrogen (secondary N) is 1. The highest BCUT2D eigenvalue weighted by Crippen LogP contribution is 2.15. The third-order valence-corrected chi connectivity index (χ3v) is 3.37. The largest absolute Gasteiger partial charge is 0.367 e. The average molecular weight is 284 g/mol. The fraction of sp³-hybridized carbons (Fsp3) is 0.412. The van der Waals surface area contributed by atoms with E-state index < -0.39 is 0 Å². The van der Waals surface area contributed by atoms with Gasteiger partial charge in [-0.2, -0.15) is 5.26 Å². The zero-order valence-electron chi connectivity index (χ0n) is 12.9. The molecule has 0 radical (unpaired) electrons. The highest BCUT2D eigenvalue weighted by atomic mass is 15.2. The van der Waals surface area contributed by atoms with Gasteiger partial charge >= 0.3 is 0 Å². The zero-order chi connectivity index (χ0) is 15.7. The van der Waals surface area contributed by atoms with Crippen LogP contribution in [0.1, 0.15) is 19.4 Å². The van der Waals surface area contributed by atoms with Crippen molar-refractivity contribution in [2.75, 3.05) is 25.0 Å². The molecule has 0 bridgehead atoms. The summed E-state index contributed by atoms with van der Waals surface area (Å²) >= 11 is 0. The molecule has 21 heavy (non-hydrogen) atoms. The first-order valence-corrected chi connectivity index (χ1v) is 7.18. The maximum atomic E-state index is 9.10. The maximum absolute atomic E-state index is 9.10. The Balaban J connectivity index is 2.81. The summed E-state index contributed by atoms with van der Waals surface area (Å²) in [7, 11) is 0. The van der Waals surface area contributed by atoms with E-state index in [2.05, 4.69) is 48.3 Å². The van der Waals surface area contributed by atoms with Crippen molar-refractivity contribution in [2.24, 2.45) is 5.92 Å². The fourth-order valence-corrected chi connectivity index (χ4v) is 2.30. The summed E-state index contributed by atoms with van der Waals surface area (Å²) in [5.74, 6) is 1.11. The number of aromatic nitrogens is 1. The molecule has 0 fully saturated rings. The van der Waals surface area contributed by atoms with Gasteiger partial charge in [0.05, 0.1) is 5.56 Å². The van der Waals surface area contributed by atoms with Crippen molar-refractivity contribution in [1.29, 1.82) is 5.26 Å². The Morgan fingerprint density at radius 3 is 2.57 bits per heavy atom. The Morgan fingerprint density at radius 2 is 2.05 bits per heavy atom. The number of pyridine rings is 1. The topological polar surface area (TPSA) is 52.0 Å². The molecule has 0 aliphatic carbocycles. The molecule has 0 saturated carbocycles. The van der Waals surface area contributed by atoms with Crippen LogP contribution >= 0.6 is 0 Å². The van der Waals surface area contributed by atoms with Crippen LogP contribution in [0.25, 0.3) is 0 Å². The normalized spacial score (nSPS) is 12.0. The molecular formula is C17H24N4. The maximum Gasteiger partial charge on any atom is 0.143 e. The number of nitrogens with zero attached hydrogens (tertiary/aromatic N) is 3. The molecule has 112 valence electrons. The molecule has 1 rings (SSSR count). The van der Waals surface area contributed by atoms with Gasteiger partial charge in [-0.05, 0) is 18.1 Å². The number of nitriles is 1. The number of rotatable bonds is 9. The Morgan fingerprint density at radius 1 is 1.38 bits per heavy atom. The van der Waals surface area contributed by atoms with Gasteiger partial charge in [0.15, 0.2) is 0 Å². The number of hydrogen-bond donors (Lipinski definition) is 1. The Labute approximate surface area is 127 Å². The predicted molar refractivity (Wildman–Crippen MR) is 88.0 cm³/mol. The fourth-order valence-electron chi connectivity index (χ4n) is 2.30. The summed E-state index contributed by atoms with van der Waals surface area (Å²) in [5.41, 5.74) is 0.569. The minimum atomic E-state index is 0.314. The average Bonchev–Trinajstić information content (AvgIpc) is 2.48. The third-order valence-electron chi connectivity index (χ3n) is 3.37. The molecule has 1 aromatic rings. The second kappa shape index (κ2) is 8.93. The molecule has 4 heteroatoms. The van der Waals surface area contributed by atoms with E-state index in [1.54, 1.807) is 18.3 Å². The van der Waals surface area contributed by atoms with Gasteiger partial charge in [0, 0.05) is 31.9 Å². The van der Waals surface area contributed by atoms with Crippen LogP contribution in [0.4, 0.5) is 5.82 Å². The number of hydrogen-bond acceptors (Lipinski definition) is 4. The Hall–Kier alpha value is -2.12. The monoisotopic (exact) mass is 284 g/mol. The molecular weight excluding hydrogens is 260 g/mol. The van der Waals surface area contributed by atoms with Crippen LogP contribution in [0.2, 0.25) is 0 Å². The van der Waals surface area contributed by atoms with Gasteiger partial charge in [0.2, 0.25) is 0 Å². The molecule has 0 aromatic carbocycles. The van der Waals surface area contributed by atoms with Crippen LogP contribution < -0.4 is 5.32 Å². The Kier molecular flexibility index (Phi) is 7.20. The third kappa shape index (κ3) is 5.05. The van der Waals surface area contributed by atoms with Crippen molar-refractivity contribution in [1.82, 2.24) is 9.88 Å². The van der Waals surface area contributed by atoms with Crippen LogP contribution in [-0.2, 0) is 0 Å². The number of anilines is 1. The van der Waals surface area contributed by atoms with E-state index in [4.69, 9.17) is 5.26 Å². The standard InChI is InChI=1S/C17H24N4/c1-5-10-21(11-6-2)16(14(3)4)13-20-17-15(12-18)8-7-9-19-17/h5-9,14,16H,1-2,10-11,13H2,3-4H3,(H,19,20). The van der Waals surface area contributed by atoms with Crippen molar-refractivity contribution in [2.45, 2.75) is 19.9 Å². The molecule has 1 N–H and O–H groups in total. The van der Waals surface area contributed by atoms with Crippen molar-refractivity contribution in [3.63, 3.8) is 0 Å². The molecule has 0 aliphatic rings. The first kappa shape index (κ1) is 16.9.